The first-order chi connectivity index (χ1) is 14.0. The lowest BCUT2D eigenvalue weighted by Gasteiger charge is -2.36. The zero-order chi connectivity index (χ0) is 20.6. The molecule has 3 rings (SSSR count). The number of benzene rings is 2. The number of amides is 1. The minimum atomic E-state index is -0.125. The molecule has 5 heteroatoms. The van der Waals surface area contributed by atoms with Gasteiger partial charge in [-0.3, -0.25) is 9.69 Å². The highest BCUT2D eigenvalue weighted by atomic mass is 16.5. The van der Waals surface area contributed by atoms with Gasteiger partial charge < -0.3 is 15.0 Å². The Balaban J connectivity index is 1.42. The number of rotatable bonds is 8. The number of hydrogen-bond acceptors (Lipinski definition) is 4. The van der Waals surface area contributed by atoms with Gasteiger partial charge in [0.1, 0.15) is 5.75 Å². The van der Waals surface area contributed by atoms with Crippen molar-refractivity contribution in [2.45, 2.75) is 32.4 Å². The van der Waals surface area contributed by atoms with Crippen molar-refractivity contribution in [3.63, 3.8) is 0 Å². The van der Waals surface area contributed by atoms with Crippen LogP contribution in [0.1, 0.15) is 25.3 Å². The summed E-state index contributed by atoms with van der Waals surface area (Å²) in [6, 6.07) is 18.0. The van der Waals surface area contributed by atoms with Crippen LogP contribution in [0, 0.1) is 5.92 Å². The third-order valence-corrected chi connectivity index (χ3v) is 5.80. The summed E-state index contributed by atoms with van der Waals surface area (Å²) in [6.45, 7) is 6.04. The Morgan fingerprint density at radius 1 is 1.14 bits per heavy atom. The Hall–Kier alpha value is -2.37. The minimum Gasteiger partial charge on any atom is -0.497 e. The van der Waals surface area contributed by atoms with E-state index in [0.29, 0.717) is 5.92 Å². The van der Waals surface area contributed by atoms with Crippen LogP contribution in [-0.4, -0.2) is 55.5 Å². The first kappa shape index (κ1) is 21.3. The molecule has 1 unspecified atom stereocenters. The summed E-state index contributed by atoms with van der Waals surface area (Å²) < 4.78 is 5.16. The van der Waals surface area contributed by atoms with Crippen LogP contribution < -0.4 is 10.1 Å². The number of carbonyl (C=O) groups is 1. The van der Waals surface area contributed by atoms with Gasteiger partial charge >= 0.3 is 0 Å². The van der Waals surface area contributed by atoms with Crippen LogP contribution in [0.25, 0.3) is 0 Å². The van der Waals surface area contributed by atoms with E-state index < -0.39 is 0 Å². The molecule has 0 aromatic heterocycles. The van der Waals surface area contributed by atoms with E-state index in [4.69, 9.17) is 4.74 Å². The molecule has 1 fully saturated rings. The summed E-state index contributed by atoms with van der Waals surface area (Å²) in [6.07, 6.45) is 2.28. The second-order valence-electron chi connectivity index (χ2n) is 8.06. The first-order valence-corrected chi connectivity index (χ1v) is 10.5. The maximum atomic E-state index is 12.6. The molecule has 1 N–H and O–H groups in total. The quantitative estimate of drug-likeness (QED) is 0.737. The molecule has 2 aromatic carbocycles. The van der Waals surface area contributed by atoms with Crippen LogP contribution in [0.4, 0.5) is 5.69 Å². The van der Waals surface area contributed by atoms with Crippen LogP contribution in [0.3, 0.4) is 0 Å². The molecule has 0 bridgehead atoms. The van der Waals surface area contributed by atoms with Crippen molar-refractivity contribution in [1.29, 1.82) is 0 Å². The molecule has 1 saturated heterocycles. The van der Waals surface area contributed by atoms with Gasteiger partial charge in [0.15, 0.2) is 0 Å². The monoisotopic (exact) mass is 395 g/mol. The van der Waals surface area contributed by atoms with Crippen LogP contribution in [0.5, 0.6) is 5.75 Å². The van der Waals surface area contributed by atoms with Crippen molar-refractivity contribution in [2.75, 3.05) is 39.1 Å². The molecule has 1 aliphatic heterocycles. The molecule has 0 radical (unpaired) electrons. The van der Waals surface area contributed by atoms with E-state index in [0.717, 1.165) is 50.5 Å². The van der Waals surface area contributed by atoms with Gasteiger partial charge in [0.05, 0.1) is 13.2 Å². The molecule has 156 valence electrons. The summed E-state index contributed by atoms with van der Waals surface area (Å²) in [7, 11) is 3.84. The van der Waals surface area contributed by atoms with Gasteiger partial charge in [-0.2, -0.15) is 0 Å². The molecule has 1 aliphatic rings. The number of hydrogen-bond donors (Lipinski definition) is 1. The number of anilines is 1. The third kappa shape index (κ3) is 6.31. The summed E-state index contributed by atoms with van der Waals surface area (Å²) in [5.41, 5.74) is 2.16. The predicted molar refractivity (Wildman–Crippen MR) is 118 cm³/mol. The maximum absolute atomic E-state index is 12.6. The minimum absolute atomic E-state index is 0.0508. The second-order valence-corrected chi connectivity index (χ2v) is 8.06. The van der Waals surface area contributed by atoms with Crippen LogP contribution in [-0.2, 0) is 11.3 Å². The van der Waals surface area contributed by atoms with Gasteiger partial charge in [-0.1, -0.05) is 30.3 Å². The van der Waals surface area contributed by atoms with Crippen molar-refractivity contribution in [2.24, 2.45) is 5.92 Å². The number of likely N-dealkylation sites (tertiary alicyclic amines) is 1. The molecule has 5 nitrogen and oxygen atoms in total. The Bertz CT molecular complexity index is 755. The van der Waals surface area contributed by atoms with E-state index in [-0.39, 0.29) is 11.9 Å². The molecule has 0 aliphatic carbocycles. The van der Waals surface area contributed by atoms with E-state index >= 15 is 0 Å². The average molecular weight is 396 g/mol. The molecule has 0 saturated carbocycles. The smallest absolute Gasteiger partial charge is 0.241 e. The number of piperidine rings is 1. The van der Waals surface area contributed by atoms with Gasteiger partial charge in [0.2, 0.25) is 5.91 Å². The lowest BCUT2D eigenvalue weighted by Crippen LogP contribution is -2.47. The van der Waals surface area contributed by atoms with E-state index in [1.165, 1.54) is 5.56 Å². The largest absolute Gasteiger partial charge is 0.497 e. The Labute approximate surface area is 174 Å². The number of carbonyl (C=O) groups excluding carboxylic acids is 1. The second kappa shape index (κ2) is 10.4. The SMILES string of the molecule is COc1ccc(NC(=O)C(C)N2CCC(CN(C)Cc3ccccc3)CC2)cc1. The van der Waals surface area contributed by atoms with Gasteiger partial charge in [0.25, 0.3) is 0 Å². The predicted octanol–water partition coefficient (Wildman–Crippen LogP) is 3.87. The highest BCUT2D eigenvalue weighted by molar-refractivity contribution is 5.94. The highest BCUT2D eigenvalue weighted by Gasteiger charge is 2.27. The van der Waals surface area contributed by atoms with E-state index in [1.807, 2.05) is 31.2 Å². The van der Waals surface area contributed by atoms with E-state index in [9.17, 15) is 4.79 Å². The lowest BCUT2D eigenvalue weighted by atomic mass is 9.95. The van der Waals surface area contributed by atoms with E-state index in [1.54, 1.807) is 7.11 Å². The van der Waals surface area contributed by atoms with Crippen molar-refractivity contribution in [3.05, 3.63) is 60.2 Å². The molecule has 1 amide bonds. The number of nitrogens with one attached hydrogen (secondary N) is 1. The standard InChI is InChI=1S/C24H33N3O2/c1-19(24(28)25-22-9-11-23(29-3)12-10-22)27-15-13-21(14-16-27)18-26(2)17-20-7-5-4-6-8-20/h4-12,19,21H,13-18H2,1-3H3,(H,25,28). The zero-order valence-electron chi connectivity index (χ0n) is 17.8. The highest BCUT2D eigenvalue weighted by Crippen LogP contribution is 2.21. The topological polar surface area (TPSA) is 44.8 Å². The summed E-state index contributed by atoms with van der Waals surface area (Å²) in [5, 5.41) is 3.02. The maximum Gasteiger partial charge on any atom is 0.241 e. The fourth-order valence-corrected chi connectivity index (χ4v) is 4.01. The van der Waals surface area contributed by atoms with Crippen molar-refractivity contribution >= 4 is 11.6 Å². The normalized spacial score (nSPS) is 16.6. The fraction of sp³-hybridized carbons (Fsp3) is 0.458. The van der Waals surface area contributed by atoms with Gasteiger partial charge in [0, 0.05) is 18.8 Å². The molecule has 29 heavy (non-hydrogen) atoms. The number of nitrogens with zero attached hydrogens (tertiary/aromatic N) is 2. The first-order valence-electron chi connectivity index (χ1n) is 10.5. The molecular formula is C24H33N3O2. The van der Waals surface area contributed by atoms with E-state index in [2.05, 4.69) is 52.5 Å². The van der Waals surface area contributed by atoms with Crippen molar-refractivity contribution in [1.82, 2.24) is 9.80 Å². The lowest BCUT2D eigenvalue weighted by molar-refractivity contribution is -0.121. The Kier molecular flexibility index (Phi) is 7.67. The van der Waals surface area contributed by atoms with Crippen LogP contribution in [0.15, 0.2) is 54.6 Å². The Morgan fingerprint density at radius 2 is 1.79 bits per heavy atom. The summed E-state index contributed by atoms with van der Waals surface area (Å²) in [4.78, 5) is 17.3. The fourth-order valence-electron chi connectivity index (χ4n) is 4.01. The zero-order valence-corrected chi connectivity index (χ0v) is 17.8. The Morgan fingerprint density at radius 3 is 2.41 bits per heavy atom. The molecule has 1 heterocycles. The molecular weight excluding hydrogens is 362 g/mol. The van der Waals surface area contributed by atoms with Gasteiger partial charge in [-0.15, -0.1) is 0 Å². The van der Waals surface area contributed by atoms with Gasteiger partial charge in [-0.25, -0.2) is 0 Å². The average Bonchev–Trinajstić information content (AvgIpc) is 2.75. The van der Waals surface area contributed by atoms with Crippen LogP contribution in [0.2, 0.25) is 0 Å². The van der Waals surface area contributed by atoms with Gasteiger partial charge in [-0.05, 0) is 75.6 Å². The number of methoxy groups -OCH3 is 1. The summed E-state index contributed by atoms with van der Waals surface area (Å²) >= 11 is 0. The molecule has 2 aromatic rings. The molecule has 0 spiro atoms. The number of ether oxygens (including phenoxy) is 1. The third-order valence-electron chi connectivity index (χ3n) is 5.80. The summed E-state index contributed by atoms with van der Waals surface area (Å²) in [5.74, 6) is 1.53. The van der Waals surface area contributed by atoms with Crippen LogP contribution >= 0.6 is 0 Å². The molecule has 1 atom stereocenters. The van der Waals surface area contributed by atoms with Crippen molar-refractivity contribution in [3.8, 4) is 5.75 Å². The van der Waals surface area contributed by atoms with Crippen molar-refractivity contribution < 1.29 is 9.53 Å².